The van der Waals surface area contributed by atoms with Crippen molar-refractivity contribution in [2.75, 3.05) is 63.0 Å². The van der Waals surface area contributed by atoms with E-state index in [1.807, 2.05) is 107 Å². The van der Waals surface area contributed by atoms with Gasteiger partial charge < -0.3 is 30.3 Å². The molecule has 3 N–H and O–H groups in total. The minimum Gasteiger partial charge on any atom is -0.488 e. The van der Waals surface area contributed by atoms with Gasteiger partial charge >= 0.3 is 18.0 Å². The smallest absolute Gasteiger partial charge is 0.321 e. The summed E-state index contributed by atoms with van der Waals surface area (Å²) in [6.07, 6.45) is -0.113. The number of urea groups is 2. The van der Waals surface area contributed by atoms with E-state index in [1.54, 1.807) is 0 Å². The standard InChI is InChI=1S/C39H43ClN6O5/c40-33-13-11-29(12-14-33)28-51-37-31(26-43-15-19-45(20-16-43)38(49)41-34-7-3-1-4-8-34)23-30(25-36(47)48)24-32(37)27-44-17-21-46(22-18-44)39(50)42-35-9-5-2-6-10-35/h1-14,23-24H,15-22,25-28H2,(H,41,49)(H,42,50)(H,47,48). The summed E-state index contributed by atoms with van der Waals surface area (Å²) in [6.45, 7) is 6.26. The summed E-state index contributed by atoms with van der Waals surface area (Å²) < 4.78 is 6.60. The summed E-state index contributed by atoms with van der Waals surface area (Å²) in [5, 5.41) is 16.3. The molecule has 11 nitrogen and oxygen atoms in total. The van der Waals surface area contributed by atoms with E-state index in [1.165, 1.54) is 0 Å². The third-order valence-electron chi connectivity index (χ3n) is 9.11. The van der Waals surface area contributed by atoms with Crippen LogP contribution in [0.25, 0.3) is 0 Å². The van der Waals surface area contributed by atoms with E-state index >= 15 is 0 Å². The van der Waals surface area contributed by atoms with Crippen LogP contribution in [-0.2, 0) is 30.9 Å². The topological polar surface area (TPSA) is 118 Å². The Morgan fingerprint density at radius 1 is 0.627 bits per heavy atom. The zero-order chi connectivity index (χ0) is 35.6. The number of para-hydroxylation sites is 2. The molecule has 2 aliphatic heterocycles. The van der Waals surface area contributed by atoms with Crippen molar-refractivity contribution in [2.45, 2.75) is 26.1 Å². The molecule has 266 valence electrons. The highest BCUT2D eigenvalue weighted by molar-refractivity contribution is 6.30. The zero-order valence-corrected chi connectivity index (χ0v) is 29.2. The number of carbonyl (C=O) groups excluding carboxylic acids is 2. The second-order valence-electron chi connectivity index (χ2n) is 12.8. The Balaban J connectivity index is 1.17. The summed E-state index contributed by atoms with van der Waals surface area (Å²) in [7, 11) is 0. The van der Waals surface area contributed by atoms with Gasteiger partial charge in [0.05, 0.1) is 6.42 Å². The first-order chi connectivity index (χ1) is 24.8. The number of hydrogen-bond donors (Lipinski definition) is 3. The predicted molar refractivity (Wildman–Crippen MR) is 198 cm³/mol. The van der Waals surface area contributed by atoms with Crippen molar-refractivity contribution in [3.05, 3.63) is 124 Å². The summed E-state index contributed by atoms with van der Waals surface area (Å²) in [5.41, 5.74) is 4.98. The first-order valence-corrected chi connectivity index (χ1v) is 17.6. The van der Waals surface area contributed by atoms with Crippen molar-refractivity contribution in [3.8, 4) is 5.75 Å². The van der Waals surface area contributed by atoms with E-state index in [0.29, 0.717) is 82.6 Å². The minimum absolute atomic E-state index is 0.113. The maximum atomic E-state index is 12.9. The Labute approximate surface area is 303 Å². The summed E-state index contributed by atoms with van der Waals surface area (Å²) >= 11 is 6.14. The number of halogens is 1. The number of carboxylic acid groups (broad SMARTS) is 1. The number of carboxylic acids is 1. The van der Waals surface area contributed by atoms with Crippen LogP contribution in [0.15, 0.2) is 97.1 Å². The molecule has 51 heavy (non-hydrogen) atoms. The van der Waals surface area contributed by atoms with Gasteiger partial charge in [-0.25, -0.2) is 9.59 Å². The van der Waals surface area contributed by atoms with Crippen LogP contribution in [-0.4, -0.2) is 95.1 Å². The number of nitrogens with zero attached hydrogens (tertiary/aromatic N) is 4. The molecule has 0 spiro atoms. The number of piperazine rings is 2. The SMILES string of the molecule is O=C(O)Cc1cc(CN2CCN(C(=O)Nc3ccccc3)CC2)c(OCc2ccc(Cl)cc2)c(CN2CCN(C(=O)Nc3ccccc3)CC2)c1. The monoisotopic (exact) mass is 710 g/mol. The molecule has 4 amide bonds. The minimum atomic E-state index is -0.905. The molecule has 0 atom stereocenters. The molecule has 2 fully saturated rings. The third kappa shape index (κ3) is 10.2. The van der Waals surface area contributed by atoms with E-state index < -0.39 is 5.97 Å². The van der Waals surface area contributed by atoms with Crippen LogP contribution >= 0.6 is 11.6 Å². The molecule has 0 radical (unpaired) electrons. The van der Waals surface area contributed by atoms with Gasteiger partial charge in [-0.05, 0) is 47.5 Å². The third-order valence-corrected chi connectivity index (χ3v) is 9.36. The van der Waals surface area contributed by atoms with Crippen molar-refractivity contribution in [1.29, 1.82) is 0 Å². The fourth-order valence-corrected chi connectivity index (χ4v) is 6.53. The summed E-state index contributed by atoms with van der Waals surface area (Å²) in [6, 6.07) is 30.0. The van der Waals surface area contributed by atoms with Crippen molar-refractivity contribution < 1.29 is 24.2 Å². The Hall–Kier alpha value is -5.10. The van der Waals surface area contributed by atoms with Crippen LogP contribution in [0, 0.1) is 0 Å². The van der Waals surface area contributed by atoms with Crippen LogP contribution < -0.4 is 15.4 Å². The fraction of sp³-hybridized carbons (Fsp3) is 0.308. The molecule has 6 rings (SSSR count). The average Bonchev–Trinajstić information content (AvgIpc) is 3.13. The van der Waals surface area contributed by atoms with E-state index in [-0.39, 0.29) is 18.5 Å². The van der Waals surface area contributed by atoms with Crippen LogP contribution in [0.1, 0.15) is 22.3 Å². The molecule has 0 aromatic heterocycles. The lowest BCUT2D eigenvalue weighted by molar-refractivity contribution is -0.136. The molecule has 0 unspecified atom stereocenters. The first-order valence-electron chi connectivity index (χ1n) is 17.2. The largest absolute Gasteiger partial charge is 0.488 e. The number of benzene rings is 4. The van der Waals surface area contributed by atoms with Crippen LogP contribution in [0.5, 0.6) is 5.75 Å². The van der Waals surface area contributed by atoms with Crippen molar-refractivity contribution in [2.24, 2.45) is 0 Å². The first kappa shape index (κ1) is 35.7. The number of rotatable bonds is 11. The quantitative estimate of drug-likeness (QED) is 0.169. The Morgan fingerprint density at radius 3 is 1.51 bits per heavy atom. The van der Waals surface area contributed by atoms with E-state index in [2.05, 4.69) is 20.4 Å². The predicted octanol–water partition coefficient (Wildman–Crippen LogP) is 6.25. The van der Waals surface area contributed by atoms with Gasteiger partial charge in [-0.15, -0.1) is 0 Å². The van der Waals surface area contributed by atoms with Crippen molar-refractivity contribution in [1.82, 2.24) is 19.6 Å². The summed E-state index contributed by atoms with van der Waals surface area (Å²) in [5.74, 6) is -0.176. The number of carbonyl (C=O) groups is 3. The van der Waals surface area contributed by atoms with Gasteiger partial charge in [0, 0.05) is 93.0 Å². The van der Waals surface area contributed by atoms with Crippen LogP contribution in [0.2, 0.25) is 5.02 Å². The van der Waals surface area contributed by atoms with Gasteiger partial charge in [0.2, 0.25) is 0 Å². The Morgan fingerprint density at radius 2 is 1.08 bits per heavy atom. The maximum absolute atomic E-state index is 12.9. The molecular formula is C39H43ClN6O5. The second-order valence-corrected chi connectivity index (χ2v) is 13.3. The molecule has 4 aromatic carbocycles. The van der Waals surface area contributed by atoms with E-state index in [4.69, 9.17) is 16.3 Å². The highest BCUT2D eigenvalue weighted by Crippen LogP contribution is 2.31. The zero-order valence-electron chi connectivity index (χ0n) is 28.5. The highest BCUT2D eigenvalue weighted by Gasteiger charge is 2.26. The molecule has 0 aliphatic carbocycles. The molecule has 4 aromatic rings. The lowest BCUT2D eigenvalue weighted by Crippen LogP contribution is -2.49. The molecule has 0 bridgehead atoms. The molecule has 12 heteroatoms. The van der Waals surface area contributed by atoms with Gasteiger partial charge in [0.25, 0.3) is 0 Å². The number of anilines is 2. The van der Waals surface area contributed by atoms with Crippen LogP contribution in [0.3, 0.4) is 0 Å². The second kappa shape index (κ2) is 17.2. The molecule has 2 heterocycles. The molecule has 2 saturated heterocycles. The fourth-order valence-electron chi connectivity index (χ4n) is 6.41. The van der Waals surface area contributed by atoms with Gasteiger partial charge in [-0.1, -0.05) is 72.3 Å². The lowest BCUT2D eigenvalue weighted by atomic mass is 10.00. The van der Waals surface area contributed by atoms with Gasteiger partial charge in [0.15, 0.2) is 0 Å². The Bertz CT molecular complexity index is 1680. The highest BCUT2D eigenvalue weighted by atomic mass is 35.5. The number of ether oxygens (including phenoxy) is 1. The molecular weight excluding hydrogens is 668 g/mol. The van der Waals surface area contributed by atoms with Crippen molar-refractivity contribution >= 4 is 41.0 Å². The maximum Gasteiger partial charge on any atom is 0.321 e. The van der Waals surface area contributed by atoms with Gasteiger partial charge in [0.1, 0.15) is 12.4 Å². The number of amides is 4. The van der Waals surface area contributed by atoms with Crippen LogP contribution in [0.4, 0.5) is 21.0 Å². The molecule has 0 saturated carbocycles. The van der Waals surface area contributed by atoms with Gasteiger partial charge in [-0.2, -0.15) is 0 Å². The average molecular weight is 711 g/mol. The number of aliphatic carboxylic acids is 1. The summed E-state index contributed by atoms with van der Waals surface area (Å²) in [4.78, 5) is 45.9. The lowest BCUT2D eigenvalue weighted by Gasteiger charge is -2.36. The van der Waals surface area contributed by atoms with Gasteiger partial charge in [-0.3, -0.25) is 14.6 Å². The normalized spacial score (nSPS) is 15.3. The molecule has 2 aliphatic rings. The number of nitrogens with one attached hydrogen (secondary N) is 2. The Kier molecular flexibility index (Phi) is 12.1. The van der Waals surface area contributed by atoms with E-state index in [0.717, 1.165) is 33.8 Å². The van der Waals surface area contributed by atoms with E-state index in [9.17, 15) is 19.5 Å². The van der Waals surface area contributed by atoms with Crippen molar-refractivity contribution in [3.63, 3.8) is 0 Å². The number of hydrogen-bond acceptors (Lipinski definition) is 6.